The summed E-state index contributed by atoms with van der Waals surface area (Å²) >= 11 is 0. The van der Waals surface area contributed by atoms with Crippen LogP contribution in [0.4, 0.5) is 0 Å². The van der Waals surface area contributed by atoms with Gasteiger partial charge in [-0.2, -0.15) is 0 Å². The van der Waals surface area contributed by atoms with Crippen molar-refractivity contribution in [1.82, 2.24) is 4.72 Å². The predicted molar refractivity (Wildman–Crippen MR) is 73.2 cm³/mol. The SMILES string of the molecule is Cc1ccc(S(=O)(=O)N[C@H]2C=C[C@@H](CC=O)C2)cc1. The molecule has 1 aromatic rings. The Morgan fingerprint density at radius 2 is 1.95 bits per heavy atom. The molecule has 0 radical (unpaired) electrons. The first-order valence-corrected chi connectivity index (χ1v) is 7.70. The highest BCUT2D eigenvalue weighted by atomic mass is 32.2. The van der Waals surface area contributed by atoms with Gasteiger partial charge in [-0.3, -0.25) is 0 Å². The minimum atomic E-state index is -3.49. The van der Waals surface area contributed by atoms with Crippen molar-refractivity contribution < 1.29 is 13.2 Å². The number of allylic oxidation sites excluding steroid dienone is 1. The van der Waals surface area contributed by atoms with Crippen LogP contribution in [0, 0.1) is 12.8 Å². The molecule has 19 heavy (non-hydrogen) atoms. The standard InChI is InChI=1S/C14H17NO3S/c1-11-2-6-14(7-3-11)19(17,18)15-13-5-4-12(10-13)8-9-16/h2-7,9,12-13,15H,8,10H2,1H3/t12-,13-/m0/s1. The lowest BCUT2D eigenvalue weighted by molar-refractivity contribution is -0.108. The molecule has 0 amide bonds. The van der Waals surface area contributed by atoms with E-state index in [1.165, 1.54) is 0 Å². The predicted octanol–water partition coefficient (Wildman–Crippen LogP) is 1.81. The summed E-state index contributed by atoms with van der Waals surface area (Å²) in [5.41, 5.74) is 1.02. The van der Waals surface area contributed by atoms with E-state index in [-0.39, 0.29) is 16.9 Å². The Bertz CT molecular complexity index is 575. The van der Waals surface area contributed by atoms with Crippen molar-refractivity contribution in [3.05, 3.63) is 42.0 Å². The molecule has 0 aromatic heterocycles. The van der Waals surface area contributed by atoms with Gasteiger partial charge < -0.3 is 4.79 Å². The summed E-state index contributed by atoms with van der Waals surface area (Å²) in [6.45, 7) is 1.91. The van der Waals surface area contributed by atoms with Crippen molar-refractivity contribution in [3.8, 4) is 0 Å². The number of nitrogens with one attached hydrogen (secondary N) is 1. The molecule has 1 aliphatic rings. The fourth-order valence-electron chi connectivity index (χ4n) is 2.15. The van der Waals surface area contributed by atoms with E-state index in [1.807, 2.05) is 19.1 Å². The number of benzene rings is 1. The molecular formula is C14H17NO3S. The lowest BCUT2D eigenvalue weighted by Crippen LogP contribution is -2.32. The summed E-state index contributed by atoms with van der Waals surface area (Å²) in [6.07, 6.45) is 5.67. The van der Waals surface area contributed by atoms with Crippen LogP contribution in [-0.4, -0.2) is 20.7 Å². The zero-order valence-electron chi connectivity index (χ0n) is 10.7. The summed E-state index contributed by atoms with van der Waals surface area (Å²) in [7, 11) is -3.49. The molecule has 102 valence electrons. The lowest BCUT2D eigenvalue weighted by atomic mass is 10.1. The molecule has 0 fully saturated rings. The Hall–Kier alpha value is -1.46. The molecule has 1 N–H and O–H groups in total. The monoisotopic (exact) mass is 279 g/mol. The maximum absolute atomic E-state index is 12.1. The van der Waals surface area contributed by atoms with E-state index in [4.69, 9.17) is 0 Å². The summed E-state index contributed by atoms with van der Waals surface area (Å²) < 4.78 is 26.9. The van der Waals surface area contributed by atoms with E-state index in [1.54, 1.807) is 24.3 Å². The first kappa shape index (κ1) is 14.0. The zero-order valence-corrected chi connectivity index (χ0v) is 11.6. The molecule has 5 heteroatoms. The van der Waals surface area contributed by atoms with E-state index >= 15 is 0 Å². The number of aryl methyl sites for hydroxylation is 1. The van der Waals surface area contributed by atoms with E-state index in [2.05, 4.69) is 4.72 Å². The Balaban J connectivity index is 2.05. The smallest absolute Gasteiger partial charge is 0.241 e. The topological polar surface area (TPSA) is 63.2 Å². The van der Waals surface area contributed by atoms with Crippen LogP contribution in [0.25, 0.3) is 0 Å². The third kappa shape index (κ3) is 3.52. The molecule has 1 aromatic carbocycles. The van der Waals surface area contributed by atoms with Crippen LogP contribution in [0.3, 0.4) is 0 Å². The number of hydrogen-bond donors (Lipinski definition) is 1. The van der Waals surface area contributed by atoms with E-state index in [0.29, 0.717) is 12.8 Å². The zero-order chi connectivity index (χ0) is 13.9. The molecule has 0 saturated heterocycles. The van der Waals surface area contributed by atoms with Crippen molar-refractivity contribution in [2.45, 2.75) is 30.7 Å². The van der Waals surface area contributed by atoms with E-state index in [0.717, 1.165) is 11.8 Å². The van der Waals surface area contributed by atoms with Crippen molar-refractivity contribution in [3.63, 3.8) is 0 Å². The molecule has 2 rings (SSSR count). The summed E-state index contributed by atoms with van der Waals surface area (Å²) in [6, 6.07) is 6.51. The third-order valence-corrected chi connectivity index (χ3v) is 4.71. The van der Waals surface area contributed by atoms with Gasteiger partial charge in [-0.15, -0.1) is 0 Å². The molecule has 2 atom stereocenters. The van der Waals surface area contributed by atoms with Gasteiger partial charge in [-0.05, 0) is 31.4 Å². The Kier molecular flexibility index (Phi) is 4.17. The van der Waals surface area contributed by atoms with E-state index in [9.17, 15) is 13.2 Å². The average Bonchev–Trinajstić information content (AvgIpc) is 2.77. The Morgan fingerprint density at radius 1 is 1.26 bits per heavy atom. The van der Waals surface area contributed by atoms with Gasteiger partial charge in [-0.25, -0.2) is 13.1 Å². The second-order valence-electron chi connectivity index (χ2n) is 4.82. The quantitative estimate of drug-likeness (QED) is 0.660. The van der Waals surface area contributed by atoms with Gasteiger partial charge in [-0.1, -0.05) is 29.8 Å². The van der Waals surface area contributed by atoms with Crippen molar-refractivity contribution in [2.75, 3.05) is 0 Å². The van der Waals surface area contributed by atoms with Crippen molar-refractivity contribution >= 4 is 16.3 Å². The summed E-state index contributed by atoms with van der Waals surface area (Å²) in [5, 5.41) is 0. The number of hydrogen-bond acceptors (Lipinski definition) is 3. The number of rotatable bonds is 5. The summed E-state index contributed by atoms with van der Waals surface area (Å²) in [5.74, 6) is 0.142. The van der Waals surface area contributed by atoms with Crippen LogP contribution in [-0.2, 0) is 14.8 Å². The highest BCUT2D eigenvalue weighted by molar-refractivity contribution is 7.89. The fraction of sp³-hybridized carbons (Fsp3) is 0.357. The van der Waals surface area contributed by atoms with Gasteiger partial charge in [0.2, 0.25) is 10.0 Å². The number of sulfonamides is 1. The van der Waals surface area contributed by atoms with Crippen LogP contribution in [0.15, 0.2) is 41.3 Å². The average molecular weight is 279 g/mol. The number of carbonyl (C=O) groups excluding carboxylic acids is 1. The lowest BCUT2D eigenvalue weighted by Gasteiger charge is -2.13. The van der Waals surface area contributed by atoms with Crippen LogP contribution in [0.2, 0.25) is 0 Å². The maximum Gasteiger partial charge on any atom is 0.241 e. The second kappa shape index (κ2) is 5.67. The molecular weight excluding hydrogens is 262 g/mol. The van der Waals surface area contributed by atoms with Gasteiger partial charge in [0.1, 0.15) is 6.29 Å². The van der Waals surface area contributed by atoms with Gasteiger partial charge in [0.15, 0.2) is 0 Å². The molecule has 0 bridgehead atoms. The molecule has 0 aliphatic heterocycles. The molecule has 0 saturated carbocycles. The number of carbonyl (C=O) groups is 1. The van der Waals surface area contributed by atoms with Gasteiger partial charge in [0.25, 0.3) is 0 Å². The first-order valence-electron chi connectivity index (χ1n) is 6.22. The van der Waals surface area contributed by atoms with Gasteiger partial charge >= 0.3 is 0 Å². The molecule has 1 aliphatic carbocycles. The molecule has 0 unspecified atom stereocenters. The molecule has 4 nitrogen and oxygen atoms in total. The van der Waals surface area contributed by atoms with Gasteiger partial charge in [0, 0.05) is 12.5 Å². The highest BCUT2D eigenvalue weighted by Crippen LogP contribution is 2.22. The third-order valence-electron chi connectivity index (χ3n) is 3.21. The van der Waals surface area contributed by atoms with Crippen LogP contribution < -0.4 is 4.72 Å². The first-order chi connectivity index (χ1) is 9.01. The fourth-order valence-corrected chi connectivity index (χ4v) is 3.35. The van der Waals surface area contributed by atoms with Gasteiger partial charge in [0.05, 0.1) is 4.90 Å². The largest absolute Gasteiger partial charge is 0.303 e. The minimum absolute atomic E-state index is 0.142. The van der Waals surface area contributed by atoms with Crippen LogP contribution in [0.1, 0.15) is 18.4 Å². The Labute approximate surface area is 113 Å². The highest BCUT2D eigenvalue weighted by Gasteiger charge is 2.24. The van der Waals surface area contributed by atoms with Crippen LogP contribution in [0.5, 0.6) is 0 Å². The second-order valence-corrected chi connectivity index (χ2v) is 6.54. The molecule has 0 spiro atoms. The van der Waals surface area contributed by atoms with Crippen molar-refractivity contribution in [1.29, 1.82) is 0 Å². The maximum atomic E-state index is 12.1. The van der Waals surface area contributed by atoms with Crippen LogP contribution >= 0.6 is 0 Å². The van der Waals surface area contributed by atoms with E-state index < -0.39 is 10.0 Å². The molecule has 0 heterocycles. The van der Waals surface area contributed by atoms with Crippen molar-refractivity contribution in [2.24, 2.45) is 5.92 Å². The minimum Gasteiger partial charge on any atom is -0.303 e. The normalized spacial score (nSPS) is 22.6. The summed E-state index contributed by atoms with van der Waals surface area (Å²) in [4.78, 5) is 10.7. The Morgan fingerprint density at radius 3 is 2.58 bits per heavy atom. The number of aldehydes is 1.